The summed E-state index contributed by atoms with van der Waals surface area (Å²) in [5.74, 6) is -0.686. The highest BCUT2D eigenvalue weighted by Gasteiger charge is 2.16. The van der Waals surface area contributed by atoms with E-state index in [1.165, 1.54) is 0 Å². The molecule has 0 radical (unpaired) electrons. The molecule has 1 fully saturated rings. The number of nitrogens with zero attached hydrogens (tertiary/aromatic N) is 4. The number of ether oxygens (including phenoxy) is 1. The van der Waals surface area contributed by atoms with Crippen LogP contribution in [0.25, 0.3) is 11.2 Å². The van der Waals surface area contributed by atoms with E-state index < -0.39 is 5.97 Å². The minimum atomic E-state index is -1.11. The number of morpholine rings is 1. The molecule has 0 bridgehead atoms. The Hall–Kier alpha value is -2.22. The number of carboxylic acid groups (broad SMARTS) is 1. The monoisotopic (exact) mass is 249 g/mol. The molecule has 1 aliphatic rings. The molecular formula is C10H11N5O3. The van der Waals surface area contributed by atoms with Crippen LogP contribution in [0.1, 0.15) is 10.6 Å². The summed E-state index contributed by atoms with van der Waals surface area (Å²) >= 11 is 0. The van der Waals surface area contributed by atoms with E-state index in [9.17, 15) is 4.79 Å². The number of imidazole rings is 1. The van der Waals surface area contributed by atoms with Gasteiger partial charge in [0, 0.05) is 13.1 Å². The molecule has 3 rings (SSSR count). The van der Waals surface area contributed by atoms with E-state index in [0.29, 0.717) is 30.3 Å². The van der Waals surface area contributed by atoms with E-state index in [1.807, 2.05) is 4.90 Å². The highest BCUT2D eigenvalue weighted by molar-refractivity contribution is 5.87. The first kappa shape index (κ1) is 10.9. The fourth-order valence-corrected chi connectivity index (χ4v) is 1.82. The third-order valence-electron chi connectivity index (χ3n) is 2.72. The van der Waals surface area contributed by atoms with E-state index in [1.54, 1.807) is 6.20 Å². The number of carboxylic acids is 1. The average molecular weight is 249 g/mol. The van der Waals surface area contributed by atoms with Crippen LogP contribution in [-0.4, -0.2) is 57.3 Å². The van der Waals surface area contributed by atoms with Crippen LogP contribution in [-0.2, 0) is 4.74 Å². The third-order valence-corrected chi connectivity index (χ3v) is 2.72. The zero-order valence-electron chi connectivity index (χ0n) is 9.46. The quantitative estimate of drug-likeness (QED) is 0.764. The lowest BCUT2D eigenvalue weighted by Gasteiger charge is -2.26. The fourth-order valence-electron chi connectivity index (χ4n) is 1.82. The van der Waals surface area contributed by atoms with Gasteiger partial charge in [-0.3, -0.25) is 0 Å². The van der Waals surface area contributed by atoms with Crippen molar-refractivity contribution in [1.82, 2.24) is 19.9 Å². The summed E-state index contributed by atoms with van der Waals surface area (Å²) in [6, 6.07) is 0. The summed E-state index contributed by atoms with van der Waals surface area (Å²) in [7, 11) is 0. The molecule has 8 heteroatoms. The first-order chi connectivity index (χ1) is 8.74. The topological polar surface area (TPSA) is 104 Å². The third kappa shape index (κ3) is 1.86. The van der Waals surface area contributed by atoms with Gasteiger partial charge in [-0.15, -0.1) is 0 Å². The van der Waals surface area contributed by atoms with Crippen molar-refractivity contribution in [3.63, 3.8) is 0 Å². The molecule has 0 amide bonds. The van der Waals surface area contributed by atoms with Crippen molar-refractivity contribution >= 4 is 23.1 Å². The van der Waals surface area contributed by atoms with Gasteiger partial charge in [0.1, 0.15) is 5.52 Å². The molecule has 2 aromatic heterocycles. The Morgan fingerprint density at radius 2 is 2.17 bits per heavy atom. The van der Waals surface area contributed by atoms with E-state index in [0.717, 1.165) is 13.1 Å². The smallest absolute Gasteiger partial charge is 0.371 e. The van der Waals surface area contributed by atoms with Crippen molar-refractivity contribution < 1.29 is 14.6 Å². The fraction of sp³-hybridized carbons (Fsp3) is 0.400. The van der Waals surface area contributed by atoms with Crippen LogP contribution in [0.15, 0.2) is 6.20 Å². The molecule has 0 saturated carbocycles. The van der Waals surface area contributed by atoms with Crippen LogP contribution < -0.4 is 4.90 Å². The van der Waals surface area contributed by atoms with Gasteiger partial charge in [0.2, 0.25) is 11.8 Å². The second-order valence-corrected chi connectivity index (χ2v) is 3.90. The molecule has 2 aromatic rings. The molecule has 0 aromatic carbocycles. The van der Waals surface area contributed by atoms with Crippen LogP contribution in [0.4, 0.5) is 5.95 Å². The zero-order chi connectivity index (χ0) is 12.5. The Morgan fingerprint density at radius 3 is 2.89 bits per heavy atom. The number of aromatic amines is 1. The molecule has 1 aliphatic heterocycles. The number of H-pyrrole nitrogens is 1. The summed E-state index contributed by atoms with van der Waals surface area (Å²) in [6.07, 6.45) is 1.55. The molecule has 1 saturated heterocycles. The van der Waals surface area contributed by atoms with Gasteiger partial charge in [0.05, 0.1) is 19.4 Å². The van der Waals surface area contributed by atoms with Crippen molar-refractivity contribution in [2.75, 3.05) is 31.2 Å². The van der Waals surface area contributed by atoms with E-state index in [4.69, 9.17) is 9.84 Å². The van der Waals surface area contributed by atoms with Gasteiger partial charge in [-0.25, -0.2) is 14.8 Å². The Bertz CT molecular complexity index is 590. The van der Waals surface area contributed by atoms with Gasteiger partial charge < -0.3 is 19.7 Å². The number of hydrogen-bond acceptors (Lipinski definition) is 6. The van der Waals surface area contributed by atoms with Gasteiger partial charge in [0.15, 0.2) is 5.65 Å². The van der Waals surface area contributed by atoms with Crippen LogP contribution in [0.2, 0.25) is 0 Å². The summed E-state index contributed by atoms with van der Waals surface area (Å²) in [6.45, 7) is 2.73. The van der Waals surface area contributed by atoms with E-state index >= 15 is 0 Å². The second kappa shape index (κ2) is 4.22. The van der Waals surface area contributed by atoms with Crippen LogP contribution in [0.5, 0.6) is 0 Å². The number of aromatic carboxylic acids is 1. The molecule has 0 spiro atoms. The molecule has 0 atom stereocenters. The van der Waals surface area contributed by atoms with Gasteiger partial charge >= 0.3 is 5.97 Å². The number of aromatic nitrogens is 4. The normalized spacial score (nSPS) is 16.1. The van der Waals surface area contributed by atoms with Crippen molar-refractivity contribution in [3.8, 4) is 0 Å². The van der Waals surface area contributed by atoms with Crippen LogP contribution >= 0.6 is 0 Å². The Balaban J connectivity index is 1.96. The average Bonchev–Trinajstić information content (AvgIpc) is 2.82. The van der Waals surface area contributed by atoms with Gasteiger partial charge in [-0.05, 0) is 0 Å². The van der Waals surface area contributed by atoms with Crippen LogP contribution in [0.3, 0.4) is 0 Å². The lowest BCUT2D eigenvalue weighted by molar-refractivity contribution is 0.0685. The number of anilines is 1. The number of fused-ring (bicyclic) bond motifs is 1. The zero-order valence-corrected chi connectivity index (χ0v) is 9.46. The minimum absolute atomic E-state index is 0.126. The van der Waals surface area contributed by atoms with Gasteiger partial charge in [0.25, 0.3) is 0 Å². The van der Waals surface area contributed by atoms with Crippen molar-refractivity contribution in [1.29, 1.82) is 0 Å². The maximum atomic E-state index is 10.8. The highest BCUT2D eigenvalue weighted by atomic mass is 16.5. The predicted molar refractivity (Wildman–Crippen MR) is 61.7 cm³/mol. The maximum Gasteiger partial charge on any atom is 0.371 e. The molecule has 3 heterocycles. The summed E-state index contributed by atoms with van der Waals surface area (Å²) in [5.41, 5.74) is 0.883. The second-order valence-electron chi connectivity index (χ2n) is 3.90. The predicted octanol–water partition coefficient (Wildman–Crippen LogP) is -0.112. The highest BCUT2D eigenvalue weighted by Crippen LogP contribution is 2.14. The Morgan fingerprint density at radius 1 is 1.39 bits per heavy atom. The SMILES string of the molecule is O=C(O)c1nc2nc(N3CCOCC3)ncc2[nH]1. The maximum absolute atomic E-state index is 10.8. The molecule has 8 nitrogen and oxygen atoms in total. The largest absolute Gasteiger partial charge is 0.475 e. The minimum Gasteiger partial charge on any atom is -0.475 e. The molecular weight excluding hydrogens is 238 g/mol. The lowest BCUT2D eigenvalue weighted by Crippen LogP contribution is -2.37. The lowest BCUT2D eigenvalue weighted by atomic mass is 10.4. The standard InChI is InChI=1S/C10H11N5O3/c16-9(17)8-12-6-5-11-10(14-7(6)13-8)15-1-3-18-4-2-15/h5H,1-4H2,(H,16,17)(H,11,12,13,14). The Kier molecular flexibility index (Phi) is 2.56. The molecule has 0 aliphatic carbocycles. The first-order valence-corrected chi connectivity index (χ1v) is 5.53. The van der Waals surface area contributed by atoms with Crippen molar-refractivity contribution in [2.24, 2.45) is 0 Å². The van der Waals surface area contributed by atoms with Crippen LogP contribution in [0, 0.1) is 0 Å². The first-order valence-electron chi connectivity index (χ1n) is 5.53. The van der Waals surface area contributed by atoms with Crippen molar-refractivity contribution in [3.05, 3.63) is 12.0 Å². The van der Waals surface area contributed by atoms with Gasteiger partial charge in [-0.1, -0.05) is 0 Å². The summed E-state index contributed by atoms with van der Waals surface area (Å²) in [4.78, 5) is 27.8. The molecule has 18 heavy (non-hydrogen) atoms. The van der Waals surface area contributed by atoms with Gasteiger partial charge in [-0.2, -0.15) is 4.98 Å². The molecule has 2 N–H and O–H groups in total. The molecule has 0 unspecified atom stereocenters. The molecule has 94 valence electrons. The van der Waals surface area contributed by atoms with E-state index in [2.05, 4.69) is 19.9 Å². The number of hydrogen-bond donors (Lipinski definition) is 2. The Labute approximate surface area is 102 Å². The van der Waals surface area contributed by atoms with Crippen molar-refractivity contribution in [2.45, 2.75) is 0 Å². The summed E-state index contributed by atoms with van der Waals surface area (Å²) < 4.78 is 5.25. The van der Waals surface area contributed by atoms with E-state index in [-0.39, 0.29) is 5.82 Å². The number of carbonyl (C=O) groups is 1. The number of nitrogens with one attached hydrogen (secondary N) is 1. The number of rotatable bonds is 2. The summed E-state index contributed by atoms with van der Waals surface area (Å²) in [5, 5.41) is 8.83.